The minimum atomic E-state index is 0.235. The Bertz CT molecular complexity index is 327. The smallest absolute Gasteiger partial charge is 0.115 e. The molecule has 0 spiro atoms. The zero-order valence-electron chi connectivity index (χ0n) is 8.76. The predicted molar refractivity (Wildman–Crippen MR) is 58.6 cm³/mol. The third-order valence-corrected chi connectivity index (χ3v) is 3.01. The Balaban J connectivity index is 2.02. The summed E-state index contributed by atoms with van der Waals surface area (Å²) >= 11 is 0. The Kier molecular flexibility index (Phi) is 3.23. The van der Waals surface area contributed by atoms with Gasteiger partial charge in [-0.15, -0.1) is 0 Å². The van der Waals surface area contributed by atoms with Gasteiger partial charge in [0.05, 0.1) is 6.61 Å². The van der Waals surface area contributed by atoms with Gasteiger partial charge >= 0.3 is 0 Å². The lowest BCUT2D eigenvalue weighted by molar-refractivity contribution is 0.153. The van der Waals surface area contributed by atoms with Crippen molar-refractivity contribution in [1.82, 2.24) is 4.90 Å². The van der Waals surface area contributed by atoms with E-state index >= 15 is 0 Å². The van der Waals surface area contributed by atoms with Crippen LogP contribution in [-0.2, 0) is 6.54 Å². The molecule has 1 aliphatic rings. The van der Waals surface area contributed by atoms with Crippen molar-refractivity contribution in [1.29, 1.82) is 0 Å². The Morgan fingerprint density at radius 1 is 1.40 bits per heavy atom. The summed E-state index contributed by atoms with van der Waals surface area (Å²) in [6.45, 7) is 2.10. The molecule has 1 heterocycles. The van der Waals surface area contributed by atoms with Gasteiger partial charge in [0.25, 0.3) is 0 Å². The second-order valence-electron chi connectivity index (χ2n) is 4.12. The van der Waals surface area contributed by atoms with E-state index in [9.17, 15) is 10.2 Å². The molecule has 0 unspecified atom stereocenters. The predicted octanol–water partition coefficient (Wildman–Crippen LogP) is 1.35. The van der Waals surface area contributed by atoms with Crippen molar-refractivity contribution in [3.05, 3.63) is 29.8 Å². The van der Waals surface area contributed by atoms with Gasteiger partial charge in [0, 0.05) is 12.6 Å². The second kappa shape index (κ2) is 4.64. The van der Waals surface area contributed by atoms with Gasteiger partial charge in [-0.1, -0.05) is 12.1 Å². The summed E-state index contributed by atoms with van der Waals surface area (Å²) in [6.07, 6.45) is 2.24. The fourth-order valence-corrected chi connectivity index (χ4v) is 2.20. The highest BCUT2D eigenvalue weighted by atomic mass is 16.3. The van der Waals surface area contributed by atoms with Gasteiger partial charge in [0.15, 0.2) is 0 Å². The topological polar surface area (TPSA) is 43.7 Å². The summed E-state index contributed by atoms with van der Waals surface area (Å²) in [5, 5.41) is 18.5. The van der Waals surface area contributed by atoms with Crippen LogP contribution in [-0.4, -0.2) is 34.3 Å². The lowest BCUT2D eigenvalue weighted by Crippen LogP contribution is -2.31. The quantitative estimate of drug-likeness (QED) is 0.786. The molecule has 2 N–H and O–H groups in total. The molecule has 1 aromatic carbocycles. The highest BCUT2D eigenvalue weighted by Crippen LogP contribution is 2.20. The van der Waals surface area contributed by atoms with Crippen molar-refractivity contribution >= 4 is 0 Å². The fourth-order valence-electron chi connectivity index (χ4n) is 2.20. The minimum Gasteiger partial charge on any atom is -0.508 e. The largest absolute Gasteiger partial charge is 0.508 e. The summed E-state index contributed by atoms with van der Waals surface area (Å²) in [5.74, 6) is 0.312. The number of aliphatic hydroxyl groups excluding tert-OH is 1. The van der Waals surface area contributed by atoms with Gasteiger partial charge in [-0.3, -0.25) is 4.90 Å². The van der Waals surface area contributed by atoms with Gasteiger partial charge in [0.2, 0.25) is 0 Å². The Morgan fingerprint density at radius 3 is 3.00 bits per heavy atom. The van der Waals surface area contributed by atoms with Crippen LogP contribution in [0, 0.1) is 0 Å². The van der Waals surface area contributed by atoms with E-state index in [2.05, 4.69) is 4.90 Å². The molecule has 0 saturated carbocycles. The Labute approximate surface area is 90.0 Å². The zero-order valence-corrected chi connectivity index (χ0v) is 8.76. The molecule has 0 aliphatic carbocycles. The Hall–Kier alpha value is -1.06. The number of nitrogens with zero attached hydrogens (tertiary/aromatic N) is 1. The minimum absolute atomic E-state index is 0.235. The molecular formula is C12H17NO2. The number of aliphatic hydroxyl groups is 1. The van der Waals surface area contributed by atoms with E-state index in [4.69, 9.17) is 0 Å². The average Bonchev–Trinajstić information content (AvgIpc) is 2.65. The van der Waals surface area contributed by atoms with Crippen LogP contribution < -0.4 is 0 Å². The molecule has 2 rings (SSSR count). The van der Waals surface area contributed by atoms with E-state index in [0.717, 1.165) is 31.5 Å². The number of phenols is 1. The molecule has 0 aromatic heterocycles. The van der Waals surface area contributed by atoms with E-state index in [1.807, 2.05) is 12.1 Å². The van der Waals surface area contributed by atoms with Crippen molar-refractivity contribution in [3.63, 3.8) is 0 Å². The van der Waals surface area contributed by atoms with Crippen molar-refractivity contribution in [2.24, 2.45) is 0 Å². The highest BCUT2D eigenvalue weighted by molar-refractivity contribution is 5.27. The van der Waals surface area contributed by atoms with Crippen molar-refractivity contribution < 1.29 is 10.2 Å². The maximum Gasteiger partial charge on any atom is 0.115 e. The normalized spacial score (nSPS) is 22.1. The van der Waals surface area contributed by atoms with Gasteiger partial charge in [-0.05, 0) is 37.1 Å². The number of likely N-dealkylation sites (tertiary alicyclic amines) is 1. The summed E-state index contributed by atoms with van der Waals surface area (Å²) in [6, 6.07) is 7.62. The number of hydrogen-bond acceptors (Lipinski definition) is 3. The fraction of sp³-hybridized carbons (Fsp3) is 0.500. The van der Waals surface area contributed by atoms with Gasteiger partial charge < -0.3 is 10.2 Å². The van der Waals surface area contributed by atoms with Crippen molar-refractivity contribution in [3.8, 4) is 5.75 Å². The van der Waals surface area contributed by atoms with Crippen LogP contribution in [0.25, 0.3) is 0 Å². The lowest BCUT2D eigenvalue weighted by Gasteiger charge is -2.22. The zero-order chi connectivity index (χ0) is 10.7. The molecule has 0 bridgehead atoms. The molecule has 1 fully saturated rings. The van der Waals surface area contributed by atoms with E-state index in [0.29, 0.717) is 11.8 Å². The maximum absolute atomic E-state index is 9.34. The molecule has 15 heavy (non-hydrogen) atoms. The molecular weight excluding hydrogens is 190 g/mol. The summed E-state index contributed by atoms with van der Waals surface area (Å²) in [5.41, 5.74) is 1.11. The monoisotopic (exact) mass is 207 g/mol. The van der Waals surface area contributed by atoms with E-state index in [1.165, 1.54) is 0 Å². The first-order chi connectivity index (χ1) is 7.29. The molecule has 82 valence electrons. The van der Waals surface area contributed by atoms with E-state index < -0.39 is 0 Å². The molecule has 1 aliphatic heterocycles. The van der Waals surface area contributed by atoms with Crippen LogP contribution in [0.15, 0.2) is 24.3 Å². The molecule has 3 heteroatoms. The van der Waals surface area contributed by atoms with Gasteiger partial charge in [0.1, 0.15) is 5.75 Å². The number of benzene rings is 1. The summed E-state index contributed by atoms with van der Waals surface area (Å²) < 4.78 is 0. The lowest BCUT2D eigenvalue weighted by atomic mass is 10.2. The van der Waals surface area contributed by atoms with E-state index in [1.54, 1.807) is 12.1 Å². The third kappa shape index (κ3) is 2.49. The number of rotatable bonds is 3. The van der Waals surface area contributed by atoms with Crippen LogP contribution in [0.5, 0.6) is 5.75 Å². The maximum atomic E-state index is 9.34. The van der Waals surface area contributed by atoms with Crippen molar-refractivity contribution in [2.75, 3.05) is 13.2 Å². The SMILES string of the molecule is OC[C@@H]1CCCN1Cc1cccc(O)c1. The third-order valence-electron chi connectivity index (χ3n) is 3.01. The Morgan fingerprint density at radius 2 is 2.27 bits per heavy atom. The molecule has 1 aromatic rings. The first-order valence-electron chi connectivity index (χ1n) is 5.42. The standard InChI is InChI=1S/C12H17NO2/c14-9-11-4-2-6-13(11)8-10-3-1-5-12(15)7-10/h1,3,5,7,11,14-15H,2,4,6,8-9H2/t11-/m0/s1. The number of hydrogen-bond donors (Lipinski definition) is 2. The molecule has 1 saturated heterocycles. The van der Waals surface area contributed by atoms with Crippen LogP contribution >= 0.6 is 0 Å². The molecule has 0 radical (unpaired) electrons. The van der Waals surface area contributed by atoms with Gasteiger partial charge in [-0.2, -0.15) is 0 Å². The second-order valence-corrected chi connectivity index (χ2v) is 4.12. The summed E-state index contributed by atoms with van der Waals surface area (Å²) in [7, 11) is 0. The summed E-state index contributed by atoms with van der Waals surface area (Å²) in [4.78, 5) is 2.27. The van der Waals surface area contributed by atoms with Gasteiger partial charge in [-0.25, -0.2) is 0 Å². The van der Waals surface area contributed by atoms with Crippen LogP contribution in [0.2, 0.25) is 0 Å². The van der Waals surface area contributed by atoms with Crippen LogP contribution in [0.4, 0.5) is 0 Å². The van der Waals surface area contributed by atoms with Crippen LogP contribution in [0.3, 0.4) is 0 Å². The molecule has 0 amide bonds. The molecule has 3 nitrogen and oxygen atoms in total. The number of phenolic OH excluding ortho intramolecular Hbond substituents is 1. The van der Waals surface area contributed by atoms with E-state index in [-0.39, 0.29) is 6.61 Å². The first-order valence-corrected chi connectivity index (χ1v) is 5.42. The van der Waals surface area contributed by atoms with Crippen molar-refractivity contribution in [2.45, 2.75) is 25.4 Å². The highest BCUT2D eigenvalue weighted by Gasteiger charge is 2.23. The van der Waals surface area contributed by atoms with Crippen LogP contribution in [0.1, 0.15) is 18.4 Å². The molecule has 1 atom stereocenters. The first kappa shape index (κ1) is 10.5. The average molecular weight is 207 g/mol. The number of aromatic hydroxyl groups is 1.